The van der Waals surface area contributed by atoms with Crippen molar-refractivity contribution in [3.8, 4) is 0 Å². The molecule has 1 aromatic carbocycles. The first-order chi connectivity index (χ1) is 7.81. The summed E-state index contributed by atoms with van der Waals surface area (Å²) in [5.41, 5.74) is 12.9. The van der Waals surface area contributed by atoms with E-state index in [0.29, 0.717) is 11.3 Å². The van der Waals surface area contributed by atoms with Crippen LogP contribution in [0.1, 0.15) is 37.6 Å². The van der Waals surface area contributed by atoms with Crippen LogP contribution in [0.2, 0.25) is 0 Å². The molecule has 0 aliphatic heterocycles. The van der Waals surface area contributed by atoms with E-state index in [-0.39, 0.29) is 5.41 Å². The van der Waals surface area contributed by atoms with Crippen LogP contribution in [-0.4, -0.2) is 12.5 Å². The predicted molar refractivity (Wildman–Crippen MR) is 71.9 cm³/mol. The van der Waals surface area contributed by atoms with Gasteiger partial charge in [-0.25, -0.2) is 0 Å². The highest BCUT2D eigenvalue weighted by Gasteiger charge is 2.11. The Balaban J connectivity index is 2.72. The van der Waals surface area contributed by atoms with Crippen molar-refractivity contribution in [3.63, 3.8) is 0 Å². The Morgan fingerprint density at radius 3 is 2.53 bits per heavy atom. The summed E-state index contributed by atoms with van der Waals surface area (Å²) in [6.45, 7) is 7.35. The third-order valence-electron chi connectivity index (χ3n) is 2.56. The van der Waals surface area contributed by atoms with Gasteiger partial charge < -0.3 is 16.8 Å². The van der Waals surface area contributed by atoms with Crippen LogP contribution >= 0.6 is 0 Å². The van der Waals surface area contributed by atoms with Gasteiger partial charge in [0, 0.05) is 6.54 Å². The SMILES string of the molecule is CC(C)(C)CCNc1cccc(C(N)=O)c1N. The Hall–Kier alpha value is -1.71. The first kappa shape index (κ1) is 13.4. The smallest absolute Gasteiger partial charge is 0.250 e. The normalized spacial score (nSPS) is 11.2. The van der Waals surface area contributed by atoms with Crippen molar-refractivity contribution in [3.05, 3.63) is 23.8 Å². The van der Waals surface area contributed by atoms with Gasteiger partial charge in [-0.15, -0.1) is 0 Å². The van der Waals surface area contributed by atoms with Crippen LogP contribution in [0.15, 0.2) is 18.2 Å². The number of primary amides is 1. The fourth-order valence-electron chi connectivity index (χ4n) is 1.51. The quantitative estimate of drug-likeness (QED) is 0.700. The monoisotopic (exact) mass is 235 g/mol. The fraction of sp³-hybridized carbons (Fsp3) is 0.462. The zero-order chi connectivity index (χ0) is 13.1. The molecule has 0 saturated heterocycles. The largest absolute Gasteiger partial charge is 0.396 e. The predicted octanol–water partition coefficient (Wildman–Crippen LogP) is 2.22. The number of nitrogen functional groups attached to an aromatic ring is 1. The molecule has 0 aromatic heterocycles. The Bertz CT molecular complexity index is 408. The summed E-state index contributed by atoms with van der Waals surface area (Å²) in [6, 6.07) is 5.26. The Morgan fingerprint density at radius 2 is 2.00 bits per heavy atom. The van der Waals surface area contributed by atoms with Gasteiger partial charge in [0.25, 0.3) is 5.91 Å². The molecule has 94 valence electrons. The van der Waals surface area contributed by atoms with E-state index < -0.39 is 5.91 Å². The maximum atomic E-state index is 11.1. The van der Waals surface area contributed by atoms with Gasteiger partial charge in [0.1, 0.15) is 0 Å². The number of hydrogen-bond donors (Lipinski definition) is 3. The van der Waals surface area contributed by atoms with Gasteiger partial charge in [-0.2, -0.15) is 0 Å². The molecule has 0 aliphatic carbocycles. The second kappa shape index (κ2) is 5.08. The summed E-state index contributed by atoms with van der Waals surface area (Å²) >= 11 is 0. The van der Waals surface area contributed by atoms with Crippen LogP contribution < -0.4 is 16.8 Å². The van der Waals surface area contributed by atoms with Gasteiger partial charge in [-0.05, 0) is 24.0 Å². The Kier molecular flexibility index (Phi) is 3.99. The van der Waals surface area contributed by atoms with Crippen LogP contribution in [0.4, 0.5) is 11.4 Å². The summed E-state index contributed by atoms with van der Waals surface area (Å²) in [6.07, 6.45) is 1.02. The Labute approximate surface area is 102 Å². The van der Waals surface area contributed by atoms with Gasteiger partial charge in [0.05, 0.1) is 16.9 Å². The summed E-state index contributed by atoms with van der Waals surface area (Å²) in [4.78, 5) is 11.1. The molecule has 17 heavy (non-hydrogen) atoms. The van der Waals surface area contributed by atoms with Gasteiger partial charge in [-0.3, -0.25) is 4.79 Å². The lowest BCUT2D eigenvalue weighted by Gasteiger charge is -2.19. The van der Waals surface area contributed by atoms with E-state index in [9.17, 15) is 4.79 Å². The molecule has 1 amide bonds. The van der Waals surface area contributed by atoms with E-state index in [1.54, 1.807) is 12.1 Å². The van der Waals surface area contributed by atoms with Gasteiger partial charge in [-0.1, -0.05) is 26.8 Å². The topological polar surface area (TPSA) is 81.1 Å². The second-order valence-corrected chi connectivity index (χ2v) is 5.37. The first-order valence-electron chi connectivity index (χ1n) is 5.73. The molecule has 1 rings (SSSR count). The van der Waals surface area contributed by atoms with Crippen molar-refractivity contribution in [2.75, 3.05) is 17.6 Å². The maximum absolute atomic E-state index is 11.1. The zero-order valence-electron chi connectivity index (χ0n) is 10.7. The number of carbonyl (C=O) groups excluding carboxylic acids is 1. The molecule has 0 spiro atoms. The molecular formula is C13H21N3O. The van der Waals surface area contributed by atoms with Crippen LogP contribution in [0.3, 0.4) is 0 Å². The lowest BCUT2D eigenvalue weighted by molar-refractivity contribution is 0.100. The summed E-state index contributed by atoms with van der Waals surface area (Å²) < 4.78 is 0. The average Bonchev–Trinajstić information content (AvgIpc) is 2.18. The summed E-state index contributed by atoms with van der Waals surface area (Å²) in [5, 5.41) is 3.23. The van der Waals surface area contributed by atoms with E-state index in [4.69, 9.17) is 11.5 Å². The molecule has 0 bridgehead atoms. The minimum atomic E-state index is -0.498. The molecule has 5 N–H and O–H groups in total. The van der Waals surface area contributed by atoms with Crippen LogP contribution in [0.25, 0.3) is 0 Å². The van der Waals surface area contributed by atoms with Crippen LogP contribution in [-0.2, 0) is 0 Å². The Morgan fingerprint density at radius 1 is 1.35 bits per heavy atom. The minimum absolute atomic E-state index is 0.267. The first-order valence-corrected chi connectivity index (χ1v) is 5.73. The molecule has 4 nitrogen and oxygen atoms in total. The summed E-state index contributed by atoms with van der Waals surface area (Å²) in [7, 11) is 0. The molecular weight excluding hydrogens is 214 g/mol. The minimum Gasteiger partial charge on any atom is -0.396 e. The number of benzene rings is 1. The van der Waals surface area contributed by atoms with E-state index in [2.05, 4.69) is 26.1 Å². The average molecular weight is 235 g/mol. The van der Waals surface area contributed by atoms with Crippen LogP contribution in [0, 0.1) is 5.41 Å². The highest BCUT2D eigenvalue weighted by molar-refractivity contribution is 6.00. The van der Waals surface area contributed by atoms with Gasteiger partial charge in [0.2, 0.25) is 0 Å². The van der Waals surface area contributed by atoms with E-state index >= 15 is 0 Å². The number of nitrogens with two attached hydrogens (primary N) is 2. The molecule has 0 unspecified atom stereocenters. The molecule has 0 radical (unpaired) electrons. The number of rotatable bonds is 4. The molecule has 0 fully saturated rings. The molecule has 0 aliphatic rings. The van der Waals surface area contributed by atoms with Crippen molar-refractivity contribution in [1.82, 2.24) is 0 Å². The lowest BCUT2D eigenvalue weighted by atomic mass is 9.92. The molecule has 0 heterocycles. The number of amides is 1. The van der Waals surface area contributed by atoms with Crippen LogP contribution in [0.5, 0.6) is 0 Å². The molecule has 0 saturated carbocycles. The van der Waals surface area contributed by atoms with E-state index in [0.717, 1.165) is 18.7 Å². The number of para-hydroxylation sites is 1. The van der Waals surface area contributed by atoms with Gasteiger partial charge >= 0.3 is 0 Å². The molecule has 1 aromatic rings. The number of carbonyl (C=O) groups is 1. The van der Waals surface area contributed by atoms with Crippen molar-refractivity contribution >= 4 is 17.3 Å². The van der Waals surface area contributed by atoms with Crippen molar-refractivity contribution in [1.29, 1.82) is 0 Å². The van der Waals surface area contributed by atoms with E-state index in [1.807, 2.05) is 6.07 Å². The zero-order valence-corrected chi connectivity index (χ0v) is 10.7. The summed E-state index contributed by atoms with van der Waals surface area (Å²) in [5.74, 6) is -0.498. The third-order valence-corrected chi connectivity index (χ3v) is 2.56. The standard InChI is InChI=1S/C13H21N3O/c1-13(2,3)7-8-16-10-6-4-5-9(11(10)14)12(15)17/h4-6,16H,7-8,14H2,1-3H3,(H2,15,17). The molecule has 0 atom stereocenters. The number of hydrogen-bond acceptors (Lipinski definition) is 3. The van der Waals surface area contributed by atoms with Crippen molar-refractivity contribution in [2.45, 2.75) is 27.2 Å². The maximum Gasteiger partial charge on any atom is 0.250 e. The second-order valence-electron chi connectivity index (χ2n) is 5.37. The van der Waals surface area contributed by atoms with E-state index in [1.165, 1.54) is 0 Å². The third kappa shape index (κ3) is 3.98. The number of nitrogens with one attached hydrogen (secondary N) is 1. The fourth-order valence-corrected chi connectivity index (χ4v) is 1.51. The highest BCUT2D eigenvalue weighted by atomic mass is 16.1. The lowest BCUT2D eigenvalue weighted by Crippen LogP contribution is -2.16. The van der Waals surface area contributed by atoms with Crippen molar-refractivity contribution in [2.24, 2.45) is 11.1 Å². The van der Waals surface area contributed by atoms with Crippen molar-refractivity contribution < 1.29 is 4.79 Å². The number of anilines is 2. The highest BCUT2D eigenvalue weighted by Crippen LogP contribution is 2.24. The molecule has 4 heteroatoms. The van der Waals surface area contributed by atoms with Gasteiger partial charge in [0.15, 0.2) is 0 Å².